The Bertz CT molecular complexity index is 7530. The maximum absolute atomic E-state index is 13.4. The third-order valence-corrected chi connectivity index (χ3v) is 27.1. The molecule has 5 fully saturated rings. The van der Waals surface area contributed by atoms with Gasteiger partial charge in [0, 0.05) is 163 Å². The van der Waals surface area contributed by atoms with Crippen molar-refractivity contribution < 1.29 is 79.2 Å². The molecule has 10 aromatic carbocycles. The van der Waals surface area contributed by atoms with Gasteiger partial charge in [-0.25, -0.2) is 51.9 Å². The summed E-state index contributed by atoms with van der Waals surface area (Å²) in [6.45, 7) is 14.4. The molecule has 148 heavy (non-hydrogen) atoms. The molecule has 0 bridgehead atoms. The molecular weight excluding hydrogens is 1910 g/mol. The number of alkyl halides is 3. The van der Waals surface area contributed by atoms with Crippen molar-refractivity contribution in [3.8, 4) is 55.6 Å². The summed E-state index contributed by atoms with van der Waals surface area (Å²) in [5, 5.41) is 36.7. The Morgan fingerprint density at radius 3 is 0.912 bits per heavy atom. The number of rotatable bonds is 21. The number of benzene rings is 10. The molecule has 1 unspecified atom stereocenters. The zero-order valence-electron chi connectivity index (χ0n) is 81.0. The molecular formula is C113H110F8N18O9. The van der Waals surface area contributed by atoms with Crippen LogP contribution in [0.15, 0.2) is 255 Å². The summed E-state index contributed by atoms with van der Waals surface area (Å²) in [5.74, 6) is -6.31. The van der Waals surface area contributed by atoms with Gasteiger partial charge in [0.05, 0.1) is 52.3 Å². The number of morpholine rings is 1. The lowest BCUT2D eigenvalue weighted by Crippen LogP contribution is -2.48. The average molecular weight is 2020 g/mol. The van der Waals surface area contributed by atoms with Gasteiger partial charge in [-0.2, -0.15) is 13.2 Å². The number of carbonyl (C=O) groups is 5. The largest absolute Gasteiger partial charge is 0.415 e. The van der Waals surface area contributed by atoms with Gasteiger partial charge < -0.3 is 58.6 Å². The van der Waals surface area contributed by atoms with E-state index >= 15 is 0 Å². The number of halogens is 8. The van der Waals surface area contributed by atoms with Crippen LogP contribution in [0.25, 0.3) is 110 Å². The van der Waals surface area contributed by atoms with Crippen molar-refractivity contribution in [1.82, 2.24) is 64.3 Å². The van der Waals surface area contributed by atoms with E-state index < -0.39 is 47.6 Å². The number of likely N-dealkylation sites (tertiary alicyclic amines) is 3. The maximum atomic E-state index is 13.4. The van der Waals surface area contributed by atoms with E-state index in [4.69, 9.17) is 33.4 Å². The molecule has 11 heterocycles. The second-order valence-electron chi connectivity index (χ2n) is 37.8. The number of ether oxygens (including phenoxy) is 1. The predicted octanol–water partition coefficient (Wildman–Crippen LogP) is 16.4. The van der Waals surface area contributed by atoms with E-state index in [0.717, 1.165) is 208 Å². The van der Waals surface area contributed by atoms with Gasteiger partial charge in [0.2, 0.25) is 0 Å². The maximum Gasteiger partial charge on any atom is 0.415 e. The Hall–Kier alpha value is -15.2. The minimum absolute atomic E-state index is 0.00343. The minimum Gasteiger partial charge on any atom is -0.393 e. The number of nitrogens with one attached hydrogen (secondary N) is 1. The quantitative estimate of drug-likeness (QED) is 0.0238. The molecule has 5 amide bonds. The molecule has 21 rings (SSSR count). The normalized spacial score (nSPS) is 16.1. The number of fused-ring (bicyclic) bond motifs is 5. The van der Waals surface area contributed by atoms with Crippen LogP contribution in [0.3, 0.4) is 0 Å². The van der Waals surface area contributed by atoms with Crippen molar-refractivity contribution in [2.24, 2.45) is 28.7 Å². The van der Waals surface area contributed by atoms with E-state index in [-0.39, 0.29) is 83.4 Å². The monoisotopic (exact) mass is 2010 g/mol. The number of hydrogen-bond acceptors (Lipinski definition) is 21. The van der Waals surface area contributed by atoms with Crippen LogP contribution < -0.4 is 34.0 Å². The molecule has 5 saturated heterocycles. The third-order valence-electron chi connectivity index (χ3n) is 27.1. The van der Waals surface area contributed by atoms with E-state index in [1.165, 1.54) is 60.7 Å². The number of aliphatic hydroxyl groups excluding tert-OH is 1. The molecule has 14 N–H and O–H groups in total. The molecule has 27 nitrogen and oxygen atoms in total. The summed E-state index contributed by atoms with van der Waals surface area (Å²) in [7, 11) is 0. The SMILES string of the molecule is Cc1cn(C2CCN(Cc3ccc4c(-c5ccc(F)cc5)cc(C(N)=O)nc4c3)CC2)cn1.NC(=O)c1cc(-c2ccc(F)cc2)c2ccc(CN3CCC(O)(O)CC3)cc2n1.NC(=O)c1cc(-c2ccc(F)cc2)c2ccc(CN3CCC(O)CC3)cc2n1.NC(=O)c1cc(-c2ccc(F)cc2)c2ccc(CN3CCNCC3)cc2n1.NC(=O)c1cc(-c2ccc(F)cc2)c2ccc(CN3CCOC(C(F)(F)F)C3)cc2n1. The Morgan fingerprint density at radius 1 is 0.372 bits per heavy atom. The van der Waals surface area contributed by atoms with Crippen LogP contribution in [-0.2, 0) is 37.5 Å². The van der Waals surface area contributed by atoms with Crippen LogP contribution in [0, 0.1) is 36.0 Å². The number of aliphatic hydroxyl groups is 3. The summed E-state index contributed by atoms with van der Waals surface area (Å²) in [6, 6.07) is 68.6. The highest BCUT2D eigenvalue weighted by atomic mass is 19.4. The lowest BCUT2D eigenvalue weighted by molar-refractivity contribution is -0.237. The number of primary amides is 5. The average Bonchev–Trinajstić information content (AvgIpc) is 0.899. The van der Waals surface area contributed by atoms with E-state index in [9.17, 15) is 74.4 Å². The lowest BCUT2D eigenvalue weighted by atomic mass is 9.98. The number of aryl methyl sites for hydroxylation is 1. The van der Waals surface area contributed by atoms with Gasteiger partial charge in [-0.3, -0.25) is 48.5 Å². The fourth-order valence-corrected chi connectivity index (χ4v) is 19.2. The zero-order chi connectivity index (χ0) is 104. The van der Waals surface area contributed by atoms with Crippen LogP contribution in [0.4, 0.5) is 35.1 Å². The molecule has 762 valence electrons. The van der Waals surface area contributed by atoms with Gasteiger partial charge in [0.25, 0.3) is 29.5 Å². The zero-order valence-corrected chi connectivity index (χ0v) is 81.0. The van der Waals surface area contributed by atoms with Crippen molar-refractivity contribution in [2.45, 2.75) is 108 Å². The molecule has 16 aromatic rings. The number of hydrogen-bond donors (Lipinski definition) is 9. The highest BCUT2D eigenvalue weighted by Gasteiger charge is 2.43. The summed E-state index contributed by atoms with van der Waals surface area (Å²) in [5.41, 5.74) is 45.4. The Morgan fingerprint density at radius 2 is 0.642 bits per heavy atom. The standard InChI is InChI=1S/C26H26FN5O.C22H19F4N3O2.C22H22FN3O3.C22H22FN3O2.C21H21FN4O/c1-17-14-32(16-29-17)21-8-10-31(11-9-21)15-18-2-7-22-23(19-3-5-20(27)6-4-19)13-25(26(28)33)30-24(22)12-18;23-15-4-2-14(3-5-15)17-10-19(21(27)30)28-18-9-13(1-6-16(17)18)11-29-7-8-31-20(12-29)22(24,25)26;23-16-4-2-15(3-5-16)18-12-20(21(24)27)25-19-11-14(1-6-17(18)19)13-26-9-7-22(28,29)8-10-26;23-16-4-2-15(3-5-16)19-12-21(22(24)28)25-20-11-14(1-6-18(19)20)13-26-9-7-17(27)8-10-26;22-16-4-2-15(3-5-16)18-12-20(21(23)27)25-19-11-14(1-6-17(18)19)13-26-9-7-24-8-10-26/h2-7,12-14,16,21H,8-11,15H2,1H3,(H2,28,33);1-6,9-10,20H,7-8,11-12H2,(H2,27,30);1-6,11-12,28-29H,7-10,13H2,(H2,24,27);1-6,11-12,17,27H,7-10,13H2,(H2,24,28);1-6,11-12,24H,7-10,13H2,(H2,23,27). The Balaban J connectivity index is 0.000000126. The van der Waals surface area contributed by atoms with Crippen molar-refractivity contribution in [3.63, 3.8) is 0 Å². The second kappa shape index (κ2) is 46.3. The number of imidazole rings is 1. The van der Waals surface area contributed by atoms with Crippen LogP contribution in [0.1, 0.15) is 131 Å². The molecule has 0 aliphatic carbocycles. The van der Waals surface area contributed by atoms with Crippen LogP contribution >= 0.6 is 0 Å². The molecule has 5 aliphatic heterocycles. The first-order valence-corrected chi connectivity index (χ1v) is 48.7. The molecule has 35 heteroatoms. The summed E-state index contributed by atoms with van der Waals surface area (Å²) >= 11 is 0. The van der Waals surface area contributed by atoms with Gasteiger partial charge in [0.15, 0.2) is 11.9 Å². The molecule has 0 saturated carbocycles. The summed E-state index contributed by atoms with van der Waals surface area (Å²) in [4.78, 5) is 96.5. The van der Waals surface area contributed by atoms with Gasteiger partial charge in [0.1, 0.15) is 57.6 Å². The summed E-state index contributed by atoms with van der Waals surface area (Å²) in [6.07, 6.45) is 1.97. The fourth-order valence-electron chi connectivity index (χ4n) is 19.2. The van der Waals surface area contributed by atoms with Crippen molar-refractivity contribution in [3.05, 3.63) is 346 Å². The topological polar surface area (TPSA) is 396 Å². The number of nitrogens with two attached hydrogens (primary N) is 5. The number of piperidine rings is 3. The number of pyridine rings is 5. The smallest absolute Gasteiger partial charge is 0.393 e. The number of aromatic nitrogens is 7. The first-order valence-electron chi connectivity index (χ1n) is 48.7. The number of nitrogens with zero attached hydrogens (tertiary/aromatic N) is 12. The molecule has 0 radical (unpaired) electrons. The minimum atomic E-state index is -4.41. The lowest BCUT2D eigenvalue weighted by Gasteiger charge is -2.34. The highest BCUT2D eigenvalue weighted by molar-refractivity contribution is 6.06. The van der Waals surface area contributed by atoms with E-state index in [1.807, 2.05) is 73.9 Å². The van der Waals surface area contributed by atoms with Gasteiger partial charge in [-0.1, -0.05) is 121 Å². The third kappa shape index (κ3) is 26.4. The first-order chi connectivity index (χ1) is 71.1. The number of carbonyl (C=O) groups excluding carboxylic acids is 5. The Labute approximate surface area is 847 Å². The van der Waals surface area contributed by atoms with Crippen molar-refractivity contribution >= 4 is 84.1 Å². The van der Waals surface area contributed by atoms with Crippen LogP contribution in [0.2, 0.25) is 0 Å². The Kier molecular flexibility index (Phi) is 32.6. The molecule has 6 aromatic heterocycles. The van der Waals surface area contributed by atoms with E-state index in [1.54, 1.807) is 114 Å². The van der Waals surface area contributed by atoms with Crippen LogP contribution in [0.5, 0.6) is 0 Å². The number of amides is 5. The van der Waals surface area contributed by atoms with Gasteiger partial charge in [-0.15, -0.1) is 0 Å². The second-order valence-corrected chi connectivity index (χ2v) is 37.8. The summed E-state index contributed by atoms with van der Waals surface area (Å²) < 4.78 is 113. The molecule has 1 atom stereocenters. The van der Waals surface area contributed by atoms with Gasteiger partial charge in [-0.05, 0) is 237 Å². The van der Waals surface area contributed by atoms with Crippen molar-refractivity contribution in [1.29, 1.82) is 0 Å². The van der Waals surface area contributed by atoms with Gasteiger partial charge >= 0.3 is 6.18 Å². The van der Waals surface area contributed by atoms with Crippen molar-refractivity contribution in [2.75, 3.05) is 85.1 Å². The number of piperazine rings is 1. The van der Waals surface area contributed by atoms with Crippen LogP contribution in [-0.4, -0.2) is 213 Å². The molecule has 5 aliphatic rings. The van der Waals surface area contributed by atoms with E-state index in [2.05, 4.69) is 77.7 Å². The van der Waals surface area contributed by atoms with E-state index in [0.29, 0.717) is 78.3 Å². The first kappa shape index (κ1) is 104. The fraction of sp³-hybridized carbons (Fsp3) is 0.265. The highest BCUT2D eigenvalue weighted by Crippen LogP contribution is 2.39. The molecule has 0 spiro atoms. The predicted molar refractivity (Wildman–Crippen MR) is 550 cm³/mol.